The average Bonchev–Trinajstić information content (AvgIpc) is 2.78. The first-order valence-corrected chi connectivity index (χ1v) is 13.3. The highest BCUT2D eigenvalue weighted by Gasteiger charge is 2.31. The van der Waals surface area contributed by atoms with Gasteiger partial charge in [-0.1, -0.05) is 32.9 Å². The van der Waals surface area contributed by atoms with Gasteiger partial charge in [-0.3, -0.25) is 9.59 Å². The molecule has 184 valence electrons. The monoisotopic (exact) mass is 478 g/mol. The number of hydrogen-bond acceptors (Lipinski definition) is 5. The topological polar surface area (TPSA) is 90.0 Å². The van der Waals surface area contributed by atoms with E-state index >= 15 is 0 Å². The summed E-state index contributed by atoms with van der Waals surface area (Å²) in [6.07, 6.45) is 1.45. The molecule has 0 spiro atoms. The molecule has 0 aromatic heterocycles. The number of likely N-dealkylation sites (tertiary alicyclic amines) is 1. The lowest BCUT2D eigenvalue weighted by Gasteiger charge is -2.37. The summed E-state index contributed by atoms with van der Waals surface area (Å²) in [5.41, 5.74) is 1.01. The van der Waals surface area contributed by atoms with Crippen molar-refractivity contribution in [3.05, 3.63) is 29.8 Å². The van der Waals surface area contributed by atoms with E-state index in [0.717, 1.165) is 31.7 Å². The molecular weight excluding hydrogens is 440 g/mol. The predicted octanol–water partition coefficient (Wildman–Crippen LogP) is 1.67. The molecule has 1 N–H and O–H groups in total. The fraction of sp³-hybridized carbons (Fsp3) is 0.667. The van der Waals surface area contributed by atoms with Crippen molar-refractivity contribution in [3.63, 3.8) is 0 Å². The standard InChI is InChI=1S/C24H38N4O4S/c1-24(2,3)20-5-7-21(8-6-20)33(31,32)25-12-9-22(29)27-13-10-19(11-14-27)23(30)28-17-15-26(4)16-18-28/h5-8,19,25H,9-18H2,1-4H3. The molecule has 1 aromatic carbocycles. The normalized spacial score (nSPS) is 19.0. The van der Waals surface area contributed by atoms with Crippen LogP contribution in [0.4, 0.5) is 0 Å². The van der Waals surface area contributed by atoms with Gasteiger partial charge < -0.3 is 14.7 Å². The molecule has 0 bridgehead atoms. The van der Waals surface area contributed by atoms with Crippen LogP contribution in [0.25, 0.3) is 0 Å². The number of nitrogens with one attached hydrogen (secondary N) is 1. The third kappa shape index (κ3) is 6.77. The number of hydrogen-bond donors (Lipinski definition) is 1. The van der Waals surface area contributed by atoms with Gasteiger partial charge in [0.15, 0.2) is 0 Å². The Kier molecular flexibility index (Phi) is 8.18. The van der Waals surface area contributed by atoms with Crippen LogP contribution in [0.3, 0.4) is 0 Å². The Morgan fingerprint density at radius 2 is 1.52 bits per heavy atom. The van der Waals surface area contributed by atoms with Crippen LogP contribution in [-0.4, -0.2) is 87.8 Å². The number of nitrogens with zero attached hydrogens (tertiary/aromatic N) is 3. The van der Waals surface area contributed by atoms with Crippen molar-refractivity contribution in [1.82, 2.24) is 19.4 Å². The molecule has 0 atom stereocenters. The van der Waals surface area contributed by atoms with E-state index < -0.39 is 10.0 Å². The highest BCUT2D eigenvalue weighted by atomic mass is 32.2. The van der Waals surface area contributed by atoms with E-state index in [1.807, 2.05) is 17.0 Å². The molecule has 2 amide bonds. The van der Waals surface area contributed by atoms with Crippen LogP contribution in [0.5, 0.6) is 0 Å². The summed E-state index contributed by atoms with van der Waals surface area (Å²) >= 11 is 0. The lowest BCUT2D eigenvalue weighted by Crippen LogP contribution is -2.51. The van der Waals surface area contributed by atoms with E-state index in [1.54, 1.807) is 17.0 Å². The van der Waals surface area contributed by atoms with Gasteiger partial charge in [0, 0.05) is 58.2 Å². The lowest BCUT2D eigenvalue weighted by molar-refractivity contribution is -0.141. The fourth-order valence-corrected chi connectivity index (χ4v) is 5.36. The van der Waals surface area contributed by atoms with E-state index in [-0.39, 0.29) is 41.0 Å². The second kappa shape index (κ2) is 10.5. The van der Waals surface area contributed by atoms with Crippen molar-refractivity contribution >= 4 is 21.8 Å². The fourth-order valence-electron chi connectivity index (χ4n) is 4.33. The lowest BCUT2D eigenvalue weighted by atomic mass is 9.87. The quantitative estimate of drug-likeness (QED) is 0.672. The van der Waals surface area contributed by atoms with Crippen molar-refractivity contribution < 1.29 is 18.0 Å². The van der Waals surface area contributed by atoms with Crippen LogP contribution in [0, 0.1) is 5.92 Å². The maximum absolute atomic E-state index is 12.8. The summed E-state index contributed by atoms with van der Waals surface area (Å²) in [4.78, 5) is 31.5. The number of piperidine rings is 1. The molecule has 9 heteroatoms. The maximum Gasteiger partial charge on any atom is 0.240 e. The number of carbonyl (C=O) groups excluding carboxylic acids is 2. The van der Waals surface area contributed by atoms with Crippen LogP contribution in [0.2, 0.25) is 0 Å². The van der Waals surface area contributed by atoms with E-state index in [1.165, 1.54) is 0 Å². The summed E-state index contributed by atoms with van der Waals surface area (Å²) in [5, 5.41) is 0. The number of amides is 2. The minimum atomic E-state index is -3.66. The van der Waals surface area contributed by atoms with Crippen LogP contribution in [0.1, 0.15) is 45.6 Å². The second-order valence-corrected chi connectivity index (χ2v) is 12.0. The molecule has 0 unspecified atom stereocenters. The smallest absolute Gasteiger partial charge is 0.240 e. The number of rotatable bonds is 6. The average molecular weight is 479 g/mol. The number of carbonyl (C=O) groups is 2. The molecule has 0 saturated carbocycles. The first-order chi connectivity index (χ1) is 15.5. The Morgan fingerprint density at radius 1 is 0.939 bits per heavy atom. The zero-order valence-electron chi connectivity index (χ0n) is 20.3. The van der Waals surface area contributed by atoms with Crippen LogP contribution >= 0.6 is 0 Å². The van der Waals surface area contributed by atoms with Gasteiger partial charge in [0.25, 0.3) is 0 Å². The van der Waals surface area contributed by atoms with Crippen molar-refractivity contribution in [3.8, 4) is 0 Å². The molecule has 2 saturated heterocycles. The Bertz CT molecular complexity index is 924. The maximum atomic E-state index is 12.8. The van der Waals surface area contributed by atoms with Gasteiger partial charge in [0.05, 0.1) is 4.90 Å². The van der Waals surface area contributed by atoms with Crippen molar-refractivity contribution in [2.45, 2.75) is 50.3 Å². The molecule has 2 aliphatic rings. The largest absolute Gasteiger partial charge is 0.343 e. The van der Waals surface area contributed by atoms with Crippen LogP contribution < -0.4 is 4.72 Å². The molecule has 33 heavy (non-hydrogen) atoms. The third-order valence-electron chi connectivity index (χ3n) is 6.67. The van der Waals surface area contributed by atoms with Gasteiger partial charge in [0.1, 0.15) is 0 Å². The Hall–Kier alpha value is -1.97. The molecule has 0 radical (unpaired) electrons. The van der Waals surface area contributed by atoms with Gasteiger partial charge >= 0.3 is 0 Å². The molecule has 3 rings (SSSR count). The minimum absolute atomic E-state index is 0.0213. The zero-order valence-corrected chi connectivity index (χ0v) is 21.2. The van der Waals surface area contributed by atoms with Crippen LogP contribution in [0.15, 0.2) is 29.2 Å². The van der Waals surface area contributed by atoms with Gasteiger partial charge in [-0.2, -0.15) is 0 Å². The summed E-state index contributed by atoms with van der Waals surface area (Å²) in [6, 6.07) is 6.86. The van der Waals surface area contributed by atoms with Crippen molar-refractivity contribution in [1.29, 1.82) is 0 Å². The first-order valence-electron chi connectivity index (χ1n) is 11.8. The van der Waals surface area contributed by atoms with E-state index in [0.29, 0.717) is 25.9 Å². The highest BCUT2D eigenvalue weighted by molar-refractivity contribution is 7.89. The second-order valence-electron chi connectivity index (χ2n) is 10.2. The molecule has 8 nitrogen and oxygen atoms in total. The third-order valence-corrected chi connectivity index (χ3v) is 8.15. The van der Waals surface area contributed by atoms with Crippen molar-refractivity contribution in [2.24, 2.45) is 5.92 Å². The summed E-state index contributed by atoms with van der Waals surface area (Å²) < 4.78 is 27.7. The first kappa shape index (κ1) is 25.6. The van der Waals surface area contributed by atoms with E-state index in [4.69, 9.17) is 0 Å². The van der Waals surface area contributed by atoms with Gasteiger partial charge in [0.2, 0.25) is 21.8 Å². The van der Waals surface area contributed by atoms with E-state index in [9.17, 15) is 18.0 Å². The highest BCUT2D eigenvalue weighted by Crippen LogP contribution is 2.24. The molecule has 0 aliphatic carbocycles. The minimum Gasteiger partial charge on any atom is -0.343 e. The predicted molar refractivity (Wildman–Crippen MR) is 128 cm³/mol. The zero-order chi connectivity index (χ0) is 24.2. The number of sulfonamides is 1. The van der Waals surface area contributed by atoms with Crippen molar-refractivity contribution in [2.75, 3.05) is 52.9 Å². The number of likely N-dealkylation sites (N-methyl/N-ethyl adjacent to an activating group) is 1. The van der Waals surface area contributed by atoms with Gasteiger partial charge in [-0.25, -0.2) is 13.1 Å². The van der Waals surface area contributed by atoms with Gasteiger partial charge in [-0.05, 0) is 43.0 Å². The molecule has 1 aromatic rings. The molecular formula is C24H38N4O4S. The summed E-state index contributed by atoms with van der Waals surface area (Å²) in [5.74, 6) is 0.110. The van der Waals surface area contributed by atoms with E-state index in [2.05, 4.69) is 37.4 Å². The Morgan fingerprint density at radius 3 is 2.06 bits per heavy atom. The summed E-state index contributed by atoms with van der Waals surface area (Å²) in [6.45, 7) is 10.7. The number of piperazine rings is 1. The SMILES string of the molecule is CN1CCN(C(=O)C2CCN(C(=O)CCNS(=O)(=O)c3ccc(C(C)(C)C)cc3)CC2)CC1. The molecule has 2 fully saturated rings. The number of benzene rings is 1. The Balaban J connectivity index is 1.42. The molecule has 2 aliphatic heterocycles. The molecule has 2 heterocycles. The Labute approximate surface area is 198 Å². The summed E-state index contributed by atoms with van der Waals surface area (Å²) in [7, 11) is -1.60. The van der Waals surface area contributed by atoms with Gasteiger partial charge in [-0.15, -0.1) is 0 Å². The van der Waals surface area contributed by atoms with Crippen LogP contribution in [-0.2, 0) is 25.0 Å².